The highest BCUT2D eigenvalue weighted by molar-refractivity contribution is 7.89. The third-order valence-electron chi connectivity index (χ3n) is 6.05. The molecule has 180 valence electrons. The van der Waals surface area contributed by atoms with E-state index in [0.29, 0.717) is 12.1 Å². The van der Waals surface area contributed by atoms with Gasteiger partial charge in [0.05, 0.1) is 12.5 Å². The number of hydrogen-bond donors (Lipinski definition) is 0. The van der Waals surface area contributed by atoms with E-state index in [1.807, 2.05) is 24.3 Å². The maximum Gasteiger partial charge on any atom is 0.246 e. The van der Waals surface area contributed by atoms with Gasteiger partial charge in [-0.1, -0.05) is 24.3 Å². The second kappa shape index (κ2) is 9.22. The molecule has 1 atom stereocenters. The SMILES string of the molecule is CC(=O)N1C=Cc2ccccc2C1CC(=O)N1CCN(S(=O)(=O)c2ccc(F)c(F)c2F)CC1. The number of piperazine rings is 1. The van der Waals surface area contributed by atoms with E-state index in [1.54, 1.807) is 12.3 Å². The van der Waals surface area contributed by atoms with E-state index in [1.165, 1.54) is 16.7 Å². The van der Waals surface area contributed by atoms with E-state index in [9.17, 15) is 31.2 Å². The fourth-order valence-electron chi connectivity index (χ4n) is 4.23. The highest BCUT2D eigenvalue weighted by Gasteiger charge is 2.35. The highest BCUT2D eigenvalue weighted by atomic mass is 32.2. The van der Waals surface area contributed by atoms with E-state index < -0.39 is 38.4 Å². The number of carbonyl (C=O) groups is 2. The van der Waals surface area contributed by atoms with Crippen molar-refractivity contribution in [3.8, 4) is 0 Å². The molecule has 4 rings (SSSR count). The lowest BCUT2D eigenvalue weighted by molar-refractivity contribution is -0.135. The zero-order valence-corrected chi connectivity index (χ0v) is 19.1. The van der Waals surface area contributed by atoms with Crippen LogP contribution in [0.3, 0.4) is 0 Å². The van der Waals surface area contributed by atoms with Gasteiger partial charge in [0.25, 0.3) is 0 Å². The lowest BCUT2D eigenvalue weighted by atomic mass is 9.93. The smallest absolute Gasteiger partial charge is 0.246 e. The molecule has 2 aliphatic heterocycles. The van der Waals surface area contributed by atoms with Crippen LogP contribution in [-0.4, -0.2) is 60.5 Å². The van der Waals surface area contributed by atoms with Crippen LogP contribution in [0.1, 0.15) is 30.5 Å². The summed E-state index contributed by atoms with van der Waals surface area (Å²) in [7, 11) is -4.42. The molecule has 0 N–H and O–H groups in total. The van der Waals surface area contributed by atoms with Crippen LogP contribution in [0.25, 0.3) is 6.08 Å². The molecule has 1 saturated heterocycles. The number of carbonyl (C=O) groups excluding carboxylic acids is 2. The summed E-state index contributed by atoms with van der Waals surface area (Å²) in [6.07, 6.45) is 3.45. The molecule has 2 heterocycles. The number of benzene rings is 2. The largest absolute Gasteiger partial charge is 0.340 e. The van der Waals surface area contributed by atoms with Crippen molar-refractivity contribution in [3.63, 3.8) is 0 Å². The van der Waals surface area contributed by atoms with Crippen molar-refractivity contribution >= 4 is 27.9 Å². The number of halogens is 3. The van der Waals surface area contributed by atoms with Crippen molar-refractivity contribution in [1.82, 2.24) is 14.1 Å². The fourth-order valence-corrected chi connectivity index (χ4v) is 5.71. The van der Waals surface area contributed by atoms with Gasteiger partial charge >= 0.3 is 0 Å². The molecule has 2 amide bonds. The van der Waals surface area contributed by atoms with Gasteiger partial charge in [-0.05, 0) is 29.3 Å². The quantitative estimate of drug-likeness (QED) is 0.614. The minimum Gasteiger partial charge on any atom is -0.340 e. The Bertz CT molecular complexity index is 1270. The molecule has 0 saturated carbocycles. The van der Waals surface area contributed by atoms with Gasteiger partial charge in [0, 0.05) is 39.3 Å². The molecule has 11 heteroatoms. The number of fused-ring (bicyclic) bond motifs is 1. The Morgan fingerprint density at radius 2 is 1.65 bits per heavy atom. The standard InChI is InChI=1S/C23H22F3N3O4S/c1-15(30)29-9-8-16-4-2-3-5-17(16)19(29)14-21(31)27-10-12-28(13-11-27)34(32,33)20-7-6-18(24)22(25)23(20)26/h2-9,19H,10-14H2,1H3. The molecule has 2 aliphatic rings. The van der Waals surface area contributed by atoms with Crippen molar-refractivity contribution in [3.05, 3.63) is 71.2 Å². The Morgan fingerprint density at radius 1 is 0.971 bits per heavy atom. The molecule has 0 spiro atoms. The predicted octanol–water partition coefficient (Wildman–Crippen LogP) is 2.90. The molecule has 0 aliphatic carbocycles. The molecule has 2 aromatic carbocycles. The summed E-state index contributed by atoms with van der Waals surface area (Å²) >= 11 is 0. The molecular formula is C23H22F3N3O4S. The maximum absolute atomic E-state index is 14.1. The van der Waals surface area contributed by atoms with Crippen molar-refractivity contribution in [2.24, 2.45) is 0 Å². The summed E-state index contributed by atoms with van der Waals surface area (Å²) in [5.74, 6) is -5.59. The first-order chi connectivity index (χ1) is 16.1. The highest BCUT2D eigenvalue weighted by Crippen LogP contribution is 2.33. The van der Waals surface area contributed by atoms with Crippen LogP contribution in [0.15, 0.2) is 47.5 Å². The van der Waals surface area contributed by atoms with Crippen molar-refractivity contribution in [1.29, 1.82) is 0 Å². The number of nitrogens with zero attached hydrogens (tertiary/aromatic N) is 3. The minimum absolute atomic E-state index is 0.00544. The van der Waals surface area contributed by atoms with Crippen LogP contribution in [0, 0.1) is 17.5 Å². The van der Waals surface area contributed by atoms with E-state index >= 15 is 0 Å². The monoisotopic (exact) mass is 493 g/mol. The minimum atomic E-state index is -4.42. The van der Waals surface area contributed by atoms with Crippen LogP contribution >= 0.6 is 0 Å². The summed E-state index contributed by atoms with van der Waals surface area (Å²) in [6, 6.07) is 8.18. The summed E-state index contributed by atoms with van der Waals surface area (Å²) in [4.78, 5) is 27.2. The Labute approximate surface area is 195 Å². The van der Waals surface area contributed by atoms with Crippen LogP contribution in [0.2, 0.25) is 0 Å². The lowest BCUT2D eigenvalue weighted by Gasteiger charge is -2.37. The van der Waals surface area contributed by atoms with Crippen LogP contribution < -0.4 is 0 Å². The molecular weight excluding hydrogens is 471 g/mol. The van der Waals surface area contributed by atoms with Gasteiger partial charge < -0.3 is 9.80 Å². The van der Waals surface area contributed by atoms with Crippen LogP contribution in [0.4, 0.5) is 13.2 Å². The number of amides is 2. The third kappa shape index (κ3) is 4.32. The van der Waals surface area contributed by atoms with Gasteiger partial charge in [-0.25, -0.2) is 21.6 Å². The maximum atomic E-state index is 14.1. The van der Waals surface area contributed by atoms with Gasteiger partial charge in [0.2, 0.25) is 21.8 Å². The number of hydrogen-bond acceptors (Lipinski definition) is 4. The van der Waals surface area contributed by atoms with Crippen molar-refractivity contribution in [2.75, 3.05) is 26.2 Å². The molecule has 1 fully saturated rings. The molecule has 0 bridgehead atoms. The van der Waals surface area contributed by atoms with Gasteiger partial charge in [0.15, 0.2) is 17.5 Å². The van der Waals surface area contributed by atoms with Gasteiger partial charge in [-0.15, -0.1) is 0 Å². The van der Waals surface area contributed by atoms with E-state index in [2.05, 4.69) is 0 Å². The van der Waals surface area contributed by atoms with E-state index in [4.69, 9.17) is 0 Å². The average molecular weight is 494 g/mol. The Kier molecular flexibility index (Phi) is 6.50. The van der Waals surface area contributed by atoms with Crippen LogP contribution in [-0.2, 0) is 19.6 Å². The number of rotatable bonds is 4. The van der Waals surface area contributed by atoms with Gasteiger partial charge in [0.1, 0.15) is 4.90 Å². The summed E-state index contributed by atoms with van der Waals surface area (Å²) in [6.45, 7) is 1.21. The van der Waals surface area contributed by atoms with Crippen molar-refractivity contribution < 1.29 is 31.2 Å². The molecule has 2 aromatic rings. The first kappa shape index (κ1) is 24.0. The summed E-state index contributed by atoms with van der Waals surface area (Å²) < 4.78 is 67.3. The van der Waals surface area contributed by atoms with E-state index in [-0.39, 0.29) is 44.4 Å². The Hall–Kier alpha value is -3.18. The first-order valence-corrected chi connectivity index (χ1v) is 12.0. The normalized spacial score (nSPS) is 18.6. The predicted molar refractivity (Wildman–Crippen MR) is 117 cm³/mol. The molecule has 0 aromatic heterocycles. The molecule has 1 unspecified atom stereocenters. The van der Waals surface area contributed by atoms with Crippen molar-refractivity contribution in [2.45, 2.75) is 24.3 Å². The topological polar surface area (TPSA) is 78.0 Å². The summed E-state index contributed by atoms with van der Waals surface area (Å²) in [5, 5.41) is 0. The van der Waals surface area contributed by atoms with E-state index in [0.717, 1.165) is 15.4 Å². The van der Waals surface area contributed by atoms with Crippen LogP contribution in [0.5, 0.6) is 0 Å². The zero-order valence-electron chi connectivity index (χ0n) is 18.2. The average Bonchev–Trinajstić information content (AvgIpc) is 2.82. The molecule has 0 radical (unpaired) electrons. The summed E-state index contributed by atoms with van der Waals surface area (Å²) in [5.41, 5.74) is 1.74. The van der Waals surface area contributed by atoms with Gasteiger partial charge in [-0.2, -0.15) is 4.31 Å². The number of sulfonamides is 1. The third-order valence-corrected chi connectivity index (χ3v) is 7.96. The lowest BCUT2D eigenvalue weighted by Crippen LogP contribution is -2.51. The second-order valence-electron chi connectivity index (χ2n) is 8.05. The Morgan fingerprint density at radius 3 is 2.32 bits per heavy atom. The second-order valence-corrected chi connectivity index (χ2v) is 9.96. The molecule has 34 heavy (non-hydrogen) atoms. The van der Waals surface area contributed by atoms with Gasteiger partial charge in [-0.3, -0.25) is 9.59 Å². The Balaban J connectivity index is 1.46. The zero-order chi connectivity index (χ0) is 24.6. The molecule has 7 nitrogen and oxygen atoms in total. The fraction of sp³-hybridized carbons (Fsp3) is 0.304. The first-order valence-electron chi connectivity index (χ1n) is 10.6.